The second kappa shape index (κ2) is 7.10. The number of fused-ring (bicyclic) bond motifs is 1. The fraction of sp³-hybridized carbons (Fsp3) is 0.529. The minimum Gasteiger partial charge on any atom is -0.339 e. The van der Waals surface area contributed by atoms with Crippen LogP contribution in [0.4, 0.5) is 5.69 Å². The monoisotopic (exact) mass is 316 g/mol. The van der Waals surface area contributed by atoms with Gasteiger partial charge in [-0.2, -0.15) is 0 Å². The van der Waals surface area contributed by atoms with Gasteiger partial charge in [-0.25, -0.2) is 0 Å². The molecule has 0 spiro atoms. The number of amides is 2. The Kier molecular flexibility index (Phi) is 4.93. The average Bonchev–Trinajstić information content (AvgIpc) is 2.73. The Morgan fingerprint density at radius 3 is 2.83 bits per heavy atom. The molecule has 2 aliphatic rings. The first-order valence-electron chi connectivity index (χ1n) is 8.22. The summed E-state index contributed by atoms with van der Waals surface area (Å²) in [6.07, 6.45) is 1.57. The molecule has 3 rings (SSSR count). The summed E-state index contributed by atoms with van der Waals surface area (Å²) in [6.45, 7) is 3.46. The largest absolute Gasteiger partial charge is 0.339 e. The Labute approximate surface area is 136 Å². The number of para-hydroxylation sites is 1. The van der Waals surface area contributed by atoms with E-state index in [9.17, 15) is 9.59 Å². The third kappa shape index (κ3) is 3.71. The molecule has 124 valence electrons. The Bertz CT molecular complexity index is 584. The van der Waals surface area contributed by atoms with Crippen LogP contribution in [0.2, 0.25) is 0 Å². The van der Waals surface area contributed by atoms with Gasteiger partial charge in [0, 0.05) is 31.9 Å². The zero-order chi connectivity index (χ0) is 16.2. The van der Waals surface area contributed by atoms with E-state index in [1.54, 1.807) is 0 Å². The topological polar surface area (TPSA) is 64.7 Å². The highest BCUT2D eigenvalue weighted by Gasteiger charge is 2.29. The molecule has 0 bridgehead atoms. The van der Waals surface area contributed by atoms with Crippen LogP contribution in [-0.2, 0) is 16.0 Å². The molecule has 1 unspecified atom stereocenters. The van der Waals surface area contributed by atoms with E-state index in [2.05, 4.69) is 10.6 Å². The molecule has 1 aromatic rings. The van der Waals surface area contributed by atoms with Gasteiger partial charge in [0.1, 0.15) is 0 Å². The molecule has 0 aromatic heterocycles. The lowest BCUT2D eigenvalue weighted by atomic mass is 10.1. The van der Waals surface area contributed by atoms with E-state index in [0.717, 1.165) is 50.3 Å². The van der Waals surface area contributed by atoms with Gasteiger partial charge in [-0.05, 0) is 31.5 Å². The van der Waals surface area contributed by atoms with Crippen molar-refractivity contribution in [2.75, 3.05) is 45.1 Å². The molecule has 6 heteroatoms. The maximum atomic E-state index is 12.5. The summed E-state index contributed by atoms with van der Waals surface area (Å²) in [5.41, 5.74) is 2.05. The predicted molar refractivity (Wildman–Crippen MR) is 89.3 cm³/mol. The van der Waals surface area contributed by atoms with Gasteiger partial charge in [0.15, 0.2) is 0 Å². The quantitative estimate of drug-likeness (QED) is 0.842. The number of hydrogen-bond acceptors (Lipinski definition) is 4. The zero-order valence-electron chi connectivity index (χ0n) is 13.5. The number of carbonyl (C=O) groups is 2. The molecule has 1 atom stereocenters. The number of aryl methyl sites for hydroxylation is 1. The van der Waals surface area contributed by atoms with Gasteiger partial charge in [0.2, 0.25) is 11.8 Å². The van der Waals surface area contributed by atoms with Gasteiger partial charge in [0.25, 0.3) is 0 Å². The summed E-state index contributed by atoms with van der Waals surface area (Å²) in [5.74, 6) is 0.0779. The van der Waals surface area contributed by atoms with E-state index in [1.807, 2.05) is 41.1 Å². The van der Waals surface area contributed by atoms with E-state index in [-0.39, 0.29) is 24.4 Å². The van der Waals surface area contributed by atoms with Gasteiger partial charge in [-0.3, -0.25) is 14.5 Å². The fourth-order valence-corrected chi connectivity index (χ4v) is 3.26. The van der Waals surface area contributed by atoms with Gasteiger partial charge in [-0.15, -0.1) is 0 Å². The maximum absolute atomic E-state index is 12.5. The molecule has 2 N–H and O–H groups in total. The highest BCUT2D eigenvalue weighted by molar-refractivity contribution is 5.96. The molecule has 0 saturated carbocycles. The van der Waals surface area contributed by atoms with Gasteiger partial charge < -0.3 is 15.5 Å². The third-order valence-electron chi connectivity index (χ3n) is 4.65. The summed E-state index contributed by atoms with van der Waals surface area (Å²) in [7, 11) is 1.86. The predicted octanol–water partition coefficient (Wildman–Crippen LogP) is 0.304. The fourth-order valence-electron chi connectivity index (χ4n) is 3.26. The molecular weight excluding hydrogens is 292 g/mol. The van der Waals surface area contributed by atoms with E-state index < -0.39 is 0 Å². The highest BCUT2D eigenvalue weighted by atomic mass is 16.2. The Balaban J connectivity index is 1.62. The highest BCUT2D eigenvalue weighted by Crippen LogP contribution is 2.23. The van der Waals surface area contributed by atoms with Crippen LogP contribution in [0.1, 0.15) is 12.0 Å². The second-order valence-corrected chi connectivity index (χ2v) is 6.25. The summed E-state index contributed by atoms with van der Waals surface area (Å²) in [5, 5.41) is 6.23. The van der Waals surface area contributed by atoms with E-state index >= 15 is 0 Å². The molecule has 1 fully saturated rings. The molecule has 6 nitrogen and oxygen atoms in total. The first-order valence-corrected chi connectivity index (χ1v) is 8.22. The summed E-state index contributed by atoms with van der Waals surface area (Å²) in [6, 6.07) is 7.63. The standard InChI is InChI=1S/C17H24N4O2/c1-20(12-16(22)21-10-8-18-9-11-21)15-7-6-13-4-2-3-5-14(13)19-17(15)23/h2-5,15,18H,6-12H2,1H3,(H,19,23). The van der Waals surface area contributed by atoms with Gasteiger partial charge in [0.05, 0.1) is 12.6 Å². The SMILES string of the molecule is CN(CC(=O)N1CCNCC1)C1CCc2ccccc2NC1=O. The van der Waals surface area contributed by atoms with Crippen molar-refractivity contribution >= 4 is 17.5 Å². The summed E-state index contributed by atoms with van der Waals surface area (Å²) < 4.78 is 0. The summed E-state index contributed by atoms with van der Waals surface area (Å²) >= 11 is 0. The van der Waals surface area contributed by atoms with Crippen LogP contribution < -0.4 is 10.6 Å². The van der Waals surface area contributed by atoms with Crippen LogP contribution in [0.25, 0.3) is 0 Å². The van der Waals surface area contributed by atoms with Gasteiger partial charge >= 0.3 is 0 Å². The molecule has 0 radical (unpaired) electrons. The minimum atomic E-state index is -0.269. The van der Waals surface area contributed by atoms with E-state index in [4.69, 9.17) is 0 Å². The van der Waals surface area contributed by atoms with Crippen LogP contribution in [0.15, 0.2) is 24.3 Å². The molecule has 2 amide bonds. The van der Waals surface area contributed by atoms with Crippen LogP contribution in [0.5, 0.6) is 0 Å². The number of nitrogens with one attached hydrogen (secondary N) is 2. The number of hydrogen-bond donors (Lipinski definition) is 2. The Morgan fingerprint density at radius 2 is 2.04 bits per heavy atom. The smallest absolute Gasteiger partial charge is 0.241 e. The first-order chi connectivity index (χ1) is 11.1. The third-order valence-corrected chi connectivity index (χ3v) is 4.65. The molecule has 2 aliphatic heterocycles. The molecule has 1 aromatic carbocycles. The van der Waals surface area contributed by atoms with Crippen molar-refractivity contribution in [2.24, 2.45) is 0 Å². The number of rotatable bonds is 3. The molecular formula is C17H24N4O2. The lowest BCUT2D eigenvalue weighted by Crippen LogP contribution is -2.51. The first kappa shape index (κ1) is 16.0. The normalized spacial score (nSPS) is 21.6. The lowest BCUT2D eigenvalue weighted by molar-refractivity contribution is -0.134. The Morgan fingerprint density at radius 1 is 1.30 bits per heavy atom. The van der Waals surface area contributed by atoms with Crippen molar-refractivity contribution in [3.8, 4) is 0 Å². The number of likely N-dealkylation sites (N-methyl/N-ethyl adjacent to an activating group) is 1. The molecule has 2 heterocycles. The molecule has 23 heavy (non-hydrogen) atoms. The Hall–Kier alpha value is -1.92. The van der Waals surface area contributed by atoms with Crippen molar-refractivity contribution in [1.29, 1.82) is 0 Å². The van der Waals surface area contributed by atoms with Crippen molar-refractivity contribution in [3.05, 3.63) is 29.8 Å². The maximum Gasteiger partial charge on any atom is 0.241 e. The van der Waals surface area contributed by atoms with Crippen molar-refractivity contribution in [2.45, 2.75) is 18.9 Å². The second-order valence-electron chi connectivity index (χ2n) is 6.25. The van der Waals surface area contributed by atoms with Gasteiger partial charge in [-0.1, -0.05) is 18.2 Å². The zero-order valence-corrected chi connectivity index (χ0v) is 13.5. The number of carbonyl (C=O) groups excluding carboxylic acids is 2. The number of piperazine rings is 1. The van der Waals surface area contributed by atoms with Crippen LogP contribution in [0.3, 0.4) is 0 Å². The number of nitrogens with zero attached hydrogens (tertiary/aromatic N) is 2. The molecule has 1 saturated heterocycles. The van der Waals surface area contributed by atoms with Crippen molar-refractivity contribution < 1.29 is 9.59 Å². The molecule has 0 aliphatic carbocycles. The lowest BCUT2D eigenvalue weighted by Gasteiger charge is -2.31. The van der Waals surface area contributed by atoms with Crippen molar-refractivity contribution in [1.82, 2.24) is 15.1 Å². The summed E-state index contributed by atoms with van der Waals surface area (Å²) in [4.78, 5) is 28.6. The van der Waals surface area contributed by atoms with Crippen LogP contribution in [0, 0.1) is 0 Å². The van der Waals surface area contributed by atoms with Crippen LogP contribution in [-0.4, -0.2) is 67.4 Å². The van der Waals surface area contributed by atoms with Crippen molar-refractivity contribution in [3.63, 3.8) is 0 Å². The minimum absolute atomic E-state index is 0.0226. The number of benzene rings is 1. The van der Waals surface area contributed by atoms with E-state index in [1.165, 1.54) is 0 Å². The number of anilines is 1. The van der Waals surface area contributed by atoms with Crippen LogP contribution >= 0.6 is 0 Å². The average molecular weight is 316 g/mol. The van der Waals surface area contributed by atoms with E-state index in [0.29, 0.717) is 0 Å².